The van der Waals surface area contributed by atoms with E-state index in [1.165, 1.54) is 0 Å². The molecule has 0 heterocycles. The first-order valence-electron chi connectivity index (χ1n) is 26.9. The Hall–Kier alpha value is -11.6. The predicted molar refractivity (Wildman–Crippen MR) is 343 cm³/mol. The lowest BCUT2D eigenvalue weighted by Gasteiger charge is -2.19. The van der Waals surface area contributed by atoms with E-state index >= 15 is 0 Å². The van der Waals surface area contributed by atoms with Gasteiger partial charge in [0, 0.05) is 66.8 Å². The number of rotatable bonds is 9. The number of terminal acetylenes is 2. The molecule has 0 aliphatic carbocycles. The van der Waals surface area contributed by atoms with Crippen molar-refractivity contribution in [1.82, 2.24) is 0 Å². The summed E-state index contributed by atoms with van der Waals surface area (Å²) in [4.78, 5) is 0. The SMILES string of the molecule is C#Cc1cc(OC)c(-c2c(OC)cc(C#CC#Cc3cc(OC)c(-c4c(OC)cc(C#CC#Cc5cc(OC)c(-c6c(OC)cc(C#C)c7ccccc67)c6ccccc56)c5ccccc45)c4ccccc34)c3ccccc23)c2ccccc12. The second-order valence-electron chi connectivity index (χ2n) is 19.6. The van der Waals surface area contributed by atoms with E-state index in [1.807, 2.05) is 121 Å². The molecule has 12 rings (SSSR count). The summed E-state index contributed by atoms with van der Waals surface area (Å²) in [6, 6.07) is 60.5. The van der Waals surface area contributed by atoms with Gasteiger partial charge in [0.2, 0.25) is 0 Å². The molecule has 0 aliphatic heterocycles. The summed E-state index contributed by atoms with van der Waals surface area (Å²) in [6.07, 6.45) is 12.0. The van der Waals surface area contributed by atoms with Crippen LogP contribution in [0.3, 0.4) is 0 Å². The highest BCUT2D eigenvalue weighted by Gasteiger charge is 2.25. The smallest absolute Gasteiger partial charge is 0.128 e. The van der Waals surface area contributed by atoms with E-state index in [9.17, 15) is 0 Å². The third kappa shape index (κ3) is 9.15. The van der Waals surface area contributed by atoms with Crippen LogP contribution in [-0.2, 0) is 0 Å². The Morgan fingerprint density at radius 2 is 0.381 bits per heavy atom. The molecule has 12 aromatic rings. The van der Waals surface area contributed by atoms with Crippen molar-refractivity contribution in [3.8, 4) is 140 Å². The lowest BCUT2D eigenvalue weighted by atomic mass is 9.89. The highest BCUT2D eigenvalue weighted by Crippen LogP contribution is 2.50. The Labute approximate surface area is 488 Å². The van der Waals surface area contributed by atoms with E-state index in [4.69, 9.17) is 41.3 Å². The number of hydrogen-bond donors (Lipinski definition) is 0. The van der Waals surface area contributed by atoms with Crippen molar-refractivity contribution in [2.24, 2.45) is 0 Å². The Kier molecular flexibility index (Phi) is 14.4. The minimum Gasteiger partial charge on any atom is -0.496 e. The van der Waals surface area contributed by atoms with Gasteiger partial charge in [-0.3, -0.25) is 0 Å². The van der Waals surface area contributed by atoms with Crippen LogP contribution in [0.25, 0.3) is 98.0 Å². The van der Waals surface area contributed by atoms with Gasteiger partial charge in [0.25, 0.3) is 0 Å². The van der Waals surface area contributed by atoms with Gasteiger partial charge in [0.1, 0.15) is 34.5 Å². The molecule has 0 saturated heterocycles. The Balaban J connectivity index is 0.920. The van der Waals surface area contributed by atoms with Crippen LogP contribution in [0.15, 0.2) is 182 Å². The lowest BCUT2D eigenvalue weighted by molar-refractivity contribution is 0.411. The first-order valence-corrected chi connectivity index (χ1v) is 26.9. The number of fused-ring (bicyclic) bond motifs is 6. The van der Waals surface area contributed by atoms with E-state index in [-0.39, 0.29) is 0 Å². The zero-order valence-electron chi connectivity index (χ0n) is 46.9. The Morgan fingerprint density at radius 3 is 0.548 bits per heavy atom. The van der Waals surface area contributed by atoms with Gasteiger partial charge in [0.15, 0.2) is 0 Å². The molecule has 0 unspecified atom stereocenters. The maximum atomic E-state index is 6.26. The normalized spacial score (nSPS) is 10.6. The van der Waals surface area contributed by atoms with Crippen LogP contribution >= 0.6 is 0 Å². The van der Waals surface area contributed by atoms with Gasteiger partial charge in [-0.25, -0.2) is 0 Å². The van der Waals surface area contributed by atoms with Crippen molar-refractivity contribution < 1.29 is 28.4 Å². The minimum atomic E-state index is 0.619. The van der Waals surface area contributed by atoms with Gasteiger partial charge in [-0.1, -0.05) is 181 Å². The molecule has 6 nitrogen and oxygen atoms in total. The van der Waals surface area contributed by atoms with Crippen molar-refractivity contribution >= 4 is 64.6 Å². The standard InChI is InChI=1S/C78H50O6/c1-9-49-43-67(79-3)73(61-37-21-15-31-55(49)61)75-63-39-23-17-33-57(63)51(45-69(75)81-5)27-11-13-29-53-47-71(83-7)77(65-41-25-19-35-59(53)65)78-66-42-26-20-36-60(66)54(48-72(78)84-8)30-14-12-28-52-46-70(82-6)76(64-40-24-18-34-58(52)64)74-62-38-22-16-32-56(62)50(10-2)44-68(74)80-4/h1-2,15-26,31-48H,3-8H3. The van der Waals surface area contributed by atoms with Crippen molar-refractivity contribution in [3.63, 3.8) is 0 Å². The van der Waals surface area contributed by atoms with Crippen molar-refractivity contribution in [2.75, 3.05) is 42.7 Å². The summed E-state index contributed by atoms with van der Waals surface area (Å²) < 4.78 is 36.8. The molecule has 0 aromatic heterocycles. The van der Waals surface area contributed by atoms with Gasteiger partial charge >= 0.3 is 0 Å². The molecule has 398 valence electrons. The van der Waals surface area contributed by atoms with E-state index in [0.29, 0.717) is 34.5 Å². The van der Waals surface area contributed by atoms with Crippen LogP contribution in [0.4, 0.5) is 0 Å². The van der Waals surface area contributed by atoms with Crippen molar-refractivity contribution in [3.05, 3.63) is 215 Å². The van der Waals surface area contributed by atoms with Gasteiger partial charge < -0.3 is 28.4 Å². The fraction of sp³-hybridized carbons (Fsp3) is 0.0769. The molecule has 0 spiro atoms. The van der Waals surface area contributed by atoms with Gasteiger partial charge in [-0.15, -0.1) is 12.8 Å². The highest BCUT2D eigenvalue weighted by molar-refractivity contribution is 6.15. The number of methoxy groups -OCH3 is 6. The van der Waals surface area contributed by atoms with Gasteiger partial charge in [0.05, 0.1) is 42.7 Å². The fourth-order valence-corrected chi connectivity index (χ4v) is 11.7. The first-order chi connectivity index (χ1) is 41.4. The third-order valence-electron chi connectivity index (χ3n) is 15.3. The Bertz CT molecular complexity index is 4780. The summed E-state index contributed by atoms with van der Waals surface area (Å²) >= 11 is 0. The molecular formula is C78H50O6. The third-order valence-corrected chi connectivity index (χ3v) is 15.3. The van der Waals surface area contributed by atoms with E-state index in [0.717, 1.165) is 131 Å². The second kappa shape index (κ2) is 22.8. The average Bonchev–Trinajstić information content (AvgIpc) is 1.20. The van der Waals surface area contributed by atoms with Crippen LogP contribution in [-0.4, -0.2) is 42.7 Å². The summed E-state index contributed by atoms with van der Waals surface area (Å²) in [7, 11) is 9.99. The van der Waals surface area contributed by atoms with E-state index in [2.05, 4.69) is 120 Å². The quantitative estimate of drug-likeness (QED) is 0.134. The summed E-state index contributed by atoms with van der Waals surface area (Å²) in [5.41, 5.74) is 9.78. The second-order valence-corrected chi connectivity index (χ2v) is 19.6. The average molecular weight is 1080 g/mol. The van der Waals surface area contributed by atoms with Crippen molar-refractivity contribution in [1.29, 1.82) is 0 Å². The van der Waals surface area contributed by atoms with Crippen molar-refractivity contribution in [2.45, 2.75) is 0 Å². The maximum absolute atomic E-state index is 6.26. The van der Waals surface area contributed by atoms with Crippen LogP contribution in [0.5, 0.6) is 34.5 Å². The number of benzene rings is 12. The van der Waals surface area contributed by atoms with E-state index < -0.39 is 0 Å². The van der Waals surface area contributed by atoms with Crippen LogP contribution in [0.1, 0.15) is 33.4 Å². The van der Waals surface area contributed by atoms with Gasteiger partial charge in [-0.2, -0.15) is 0 Å². The Morgan fingerprint density at radius 1 is 0.226 bits per heavy atom. The molecule has 0 atom stereocenters. The fourth-order valence-electron chi connectivity index (χ4n) is 11.7. The zero-order valence-corrected chi connectivity index (χ0v) is 46.9. The molecule has 0 amide bonds. The van der Waals surface area contributed by atoms with E-state index in [1.54, 1.807) is 42.7 Å². The van der Waals surface area contributed by atoms with Gasteiger partial charge in [-0.05, 0) is 125 Å². The minimum absolute atomic E-state index is 0.619. The molecule has 0 radical (unpaired) electrons. The molecule has 12 aromatic carbocycles. The summed E-state index contributed by atoms with van der Waals surface area (Å²) in [6.45, 7) is 0. The predicted octanol–water partition coefficient (Wildman–Crippen LogP) is 16.4. The highest BCUT2D eigenvalue weighted by atomic mass is 16.5. The van der Waals surface area contributed by atoms with Crippen LogP contribution in [0, 0.1) is 72.1 Å². The van der Waals surface area contributed by atoms with Crippen LogP contribution < -0.4 is 28.4 Å². The molecule has 0 fully saturated rings. The first kappa shape index (κ1) is 53.0. The summed E-state index contributed by atoms with van der Waals surface area (Å²) in [5.74, 6) is 35.7. The molecule has 0 aliphatic rings. The molecule has 0 saturated carbocycles. The topological polar surface area (TPSA) is 55.4 Å². The molecule has 6 heteroatoms. The number of ether oxygens (including phenoxy) is 6. The lowest BCUT2D eigenvalue weighted by Crippen LogP contribution is -1.97. The molecule has 0 bridgehead atoms. The molecule has 84 heavy (non-hydrogen) atoms. The number of hydrogen-bond acceptors (Lipinski definition) is 6. The molecule has 0 N–H and O–H groups in total. The van der Waals surface area contributed by atoms with Crippen LogP contribution in [0.2, 0.25) is 0 Å². The monoisotopic (exact) mass is 1080 g/mol. The zero-order chi connectivity index (χ0) is 57.8. The maximum Gasteiger partial charge on any atom is 0.128 e. The molecular weight excluding hydrogens is 1030 g/mol. The largest absolute Gasteiger partial charge is 0.496 e. The summed E-state index contributed by atoms with van der Waals surface area (Å²) in [5, 5.41) is 11.3.